The highest BCUT2D eigenvalue weighted by Gasteiger charge is 2.27. The van der Waals surface area contributed by atoms with E-state index in [1.807, 2.05) is 17.0 Å². The molecule has 1 unspecified atom stereocenters. The summed E-state index contributed by atoms with van der Waals surface area (Å²) in [6.45, 7) is 0.754. The van der Waals surface area contributed by atoms with E-state index in [4.69, 9.17) is 0 Å². The minimum Gasteiger partial charge on any atom is -0.335 e. The van der Waals surface area contributed by atoms with Crippen LogP contribution in [0.25, 0.3) is 0 Å². The molecule has 1 fully saturated rings. The maximum absolute atomic E-state index is 12.8. The number of nitrogens with one attached hydrogen (secondary N) is 1. The maximum Gasteiger partial charge on any atom is 0.254 e. The first-order valence-corrected chi connectivity index (χ1v) is 8.67. The van der Waals surface area contributed by atoms with E-state index in [9.17, 15) is 9.59 Å². The molecule has 1 aromatic heterocycles. The van der Waals surface area contributed by atoms with Crippen LogP contribution in [-0.2, 0) is 6.42 Å². The summed E-state index contributed by atoms with van der Waals surface area (Å²) in [5.41, 5.74) is 1.45. The lowest BCUT2D eigenvalue weighted by atomic mass is 9.95. The number of hydrogen-bond acceptors (Lipinski definition) is 2. The fourth-order valence-electron chi connectivity index (χ4n) is 3.16. The van der Waals surface area contributed by atoms with Gasteiger partial charge in [-0.05, 0) is 49.4 Å². The van der Waals surface area contributed by atoms with Gasteiger partial charge in [-0.1, -0.05) is 28.1 Å². The molecule has 0 spiro atoms. The Morgan fingerprint density at radius 3 is 2.91 bits per heavy atom. The van der Waals surface area contributed by atoms with E-state index in [2.05, 4.69) is 33.0 Å². The second-order valence-electron chi connectivity index (χ2n) is 5.92. The van der Waals surface area contributed by atoms with Crippen molar-refractivity contribution in [3.63, 3.8) is 0 Å². The number of H-pyrrole nitrogens is 1. The van der Waals surface area contributed by atoms with Crippen LogP contribution < -0.4 is 5.56 Å². The van der Waals surface area contributed by atoms with Crippen molar-refractivity contribution >= 4 is 21.8 Å². The number of halogens is 1. The predicted octanol–water partition coefficient (Wildman–Crippen LogP) is 3.37. The van der Waals surface area contributed by atoms with Gasteiger partial charge in [-0.25, -0.2) is 0 Å². The van der Waals surface area contributed by atoms with Gasteiger partial charge in [-0.15, -0.1) is 0 Å². The largest absolute Gasteiger partial charge is 0.335 e. The van der Waals surface area contributed by atoms with Crippen molar-refractivity contribution in [2.45, 2.75) is 31.7 Å². The normalized spacial score (nSPS) is 18.0. The Morgan fingerprint density at radius 1 is 1.26 bits per heavy atom. The van der Waals surface area contributed by atoms with Crippen molar-refractivity contribution in [1.29, 1.82) is 0 Å². The number of aromatic amines is 1. The van der Waals surface area contributed by atoms with Crippen molar-refractivity contribution < 1.29 is 4.79 Å². The summed E-state index contributed by atoms with van der Waals surface area (Å²) < 4.78 is 1.05. The monoisotopic (exact) mass is 374 g/mol. The molecule has 1 aliphatic heterocycles. The zero-order valence-corrected chi connectivity index (χ0v) is 14.4. The smallest absolute Gasteiger partial charge is 0.254 e. The summed E-state index contributed by atoms with van der Waals surface area (Å²) in [7, 11) is 0. The summed E-state index contributed by atoms with van der Waals surface area (Å²) in [5.74, 6) is -0.0456. The molecule has 120 valence electrons. The van der Waals surface area contributed by atoms with Crippen molar-refractivity contribution in [2.75, 3.05) is 6.54 Å². The van der Waals surface area contributed by atoms with Gasteiger partial charge >= 0.3 is 0 Å². The number of carbonyl (C=O) groups is 1. The average molecular weight is 375 g/mol. The number of benzene rings is 1. The van der Waals surface area contributed by atoms with Crippen LogP contribution in [0.15, 0.2) is 51.9 Å². The number of hydrogen-bond donors (Lipinski definition) is 1. The number of piperidine rings is 1. The summed E-state index contributed by atoms with van der Waals surface area (Å²) in [5, 5.41) is 0. The van der Waals surface area contributed by atoms with E-state index in [0.29, 0.717) is 5.56 Å². The van der Waals surface area contributed by atoms with Crippen molar-refractivity contribution in [3.05, 3.63) is 68.5 Å². The third kappa shape index (κ3) is 3.91. The first-order chi connectivity index (χ1) is 11.1. The van der Waals surface area contributed by atoms with Gasteiger partial charge in [0.15, 0.2) is 0 Å². The van der Waals surface area contributed by atoms with Crippen LogP contribution in [-0.4, -0.2) is 28.4 Å². The predicted molar refractivity (Wildman–Crippen MR) is 93.6 cm³/mol. The topological polar surface area (TPSA) is 53.2 Å². The zero-order valence-electron chi connectivity index (χ0n) is 12.8. The average Bonchev–Trinajstić information content (AvgIpc) is 2.55. The number of likely N-dealkylation sites (tertiary alicyclic amines) is 1. The number of amides is 1. The number of nitrogens with zero attached hydrogens (tertiary/aromatic N) is 1. The van der Waals surface area contributed by atoms with Gasteiger partial charge in [0.2, 0.25) is 5.56 Å². The standard InChI is InChI=1S/C18H19BrN2O2/c19-15-5-3-4-13(10-15)11-16-6-1-2-9-21(16)18(23)14-7-8-20-17(22)12-14/h3-5,7-8,10,12,16H,1-2,6,9,11H2,(H,20,22). The van der Waals surface area contributed by atoms with Gasteiger partial charge in [0.05, 0.1) is 0 Å². The Morgan fingerprint density at radius 2 is 2.13 bits per heavy atom. The molecule has 1 aliphatic rings. The zero-order chi connectivity index (χ0) is 16.2. The second kappa shape index (κ2) is 7.13. The number of pyridine rings is 1. The molecule has 2 heterocycles. The summed E-state index contributed by atoms with van der Waals surface area (Å²) in [6, 6.07) is 11.5. The minimum absolute atomic E-state index is 0.0456. The Kier molecular flexibility index (Phi) is 4.96. The highest BCUT2D eigenvalue weighted by molar-refractivity contribution is 9.10. The Labute approximate surface area is 143 Å². The lowest BCUT2D eigenvalue weighted by Gasteiger charge is -2.36. The molecule has 1 N–H and O–H groups in total. The van der Waals surface area contributed by atoms with E-state index in [1.54, 1.807) is 6.07 Å². The molecule has 0 saturated carbocycles. The molecule has 23 heavy (non-hydrogen) atoms. The molecule has 1 atom stereocenters. The molecular formula is C18H19BrN2O2. The maximum atomic E-state index is 12.8. The van der Waals surface area contributed by atoms with E-state index in [1.165, 1.54) is 17.8 Å². The number of rotatable bonds is 3. The van der Waals surface area contributed by atoms with E-state index >= 15 is 0 Å². The number of carbonyl (C=O) groups excluding carboxylic acids is 1. The minimum atomic E-state index is -0.239. The molecule has 0 bridgehead atoms. The van der Waals surface area contributed by atoms with Gasteiger partial charge in [0, 0.05) is 34.9 Å². The Balaban J connectivity index is 1.81. The second-order valence-corrected chi connectivity index (χ2v) is 6.84. The highest BCUT2D eigenvalue weighted by atomic mass is 79.9. The third-order valence-corrected chi connectivity index (χ3v) is 4.76. The molecule has 0 radical (unpaired) electrons. The summed E-state index contributed by atoms with van der Waals surface area (Å²) in [6.07, 6.45) is 5.53. The summed E-state index contributed by atoms with van der Waals surface area (Å²) >= 11 is 3.50. The van der Waals surface area contributed by atoms with Crippen LogP contribution in [0.3, 0.4) is 0 Å². The molecule has 1 amide bonds. The van der Waals surface area contributed by atoms with Crippen molar-refractivity contribution in [2.24, 2.45) is 0 Å². The van der Waals surface area contributed by atoms with Crippen LogP contribution in [0.1, 0.15) is 35.2 Å². The van der Waals surface area contributed by atoms with E-state index in [0.717, 1.165) is 36.7 Å². The van der Waals surface area contributed by atoms with Crippen LogP contribution in [0.5, 0.6) is 0 Å². The van der Waals surface area contributed by atoms with Crippen molar-refractivity contribution in [1.82, 2.24) is 9.88 Å². The molecule has 0 aliphatic carbocycles. The molecule has 2 aromatic rings. The Bertz CT molecular complexity index is 756. The van der Waals surface area contributed by atoms with Gasteiger partial charge in [0.1, 0.15) is 0 Å². The first kappa shape index (κ1) is 16.0. The molecule has 5 heteroatoms. The van der Waals surface area contributed by atoms with Gasteiger partial charge in [-0.3, -0.25) is 9.59 Å². The molecule has 1 saturated heterocycles. The van der Waals surface area contributed by atoms with Gasteiger partial charge < -0.3 is 9.88 Å². The molecule has 3 rings (SSSR count). The molecule has 1 aromatic carbocycles. The Hall–Kier alpha value is -1.88. The fraction of sp³-hybridized carbons (Fsp3) is 0.333. The third-order valence-electron chi connectivity index (χ3n) is 4.27. The van der Waals surface area contributed by atoms with Crippen LogP contribution >= 0.6 is 15.9 Å². The van der Waals surface area contributed by atoms with E-state index in [-0.39, 0.29) is 17.5 Å². The first-order valence-electron chi connectivity index (χ1n) is 7.87. The fourth-order valence-corrected chi connectivity index (χ4v) is 3.61. The number of aromatic nitrogens is 1. The van der Waals surface area contributed by atoms with Crippen LogP contribution in [0.2, 0.25) is 0 Å². The van der Waals surface area contributed by atoms with Crippen molar-refractivity contribution in [3.8, 4) is 0 Å². The van der Waals surface area contributed by atoms with Crippen LogP contribution in [0.4, 0.5) is 0 Å². The quantitative estimate of drug-likeness (QED) is 0.894. The lowest BCUT2D eigenvalue weighted by Crippen LogP contribution is -2.45. The van der Waals surface area contributed by atoms with Gasteiger partial charge in [-0.2, -0.15) is 0 Å². The SMILES string of the molecule is O=C(c1cc[nH]c(=O)c1)N1CCCCC1Cc1cccc(Br)c1. The van der Waals surface area contributed by atoms with Crippen LogP contribution in [0, 0.1) is 0 Å². The lowest BCUT2D eigenvalue weighted by molar-refractivity contribution is 0.0613. The summed E-state index contributed by atoms with van der Waals surface area (Å²) in [4.78, 5) is 28.7. The molecular weight excluding hydrogens is 356 g/mol. The van der Waals surface area contributed by atoms with Gasteiger partial charge in [0.25, 0.3) is 5.91 Å². The van der Waals surface area contributed by atoms with E-state index < -0.39 is 0 Å². The molecule has 4 nitrogen and oxygen atoms in total. The highest BCUT2D eigenvalue weighted by Crippen LogP contribution is 2.23.